The first kappa shape index (κ1) is 29.4. The van der Waals surface area contributed by atoms with Crippen molar-refractivity contribution in [1.82, 2.24) is 0 Å². The number of methoxy groups -OCH3 is 1. The first-order valence-electron chi connectivity index (χ1n) is 2.89. The topological polar surface area (TPSA) is 35.5 Å². The molecule has 0 aliphatic rings. The molecule has 13 heavy (non-hydrogen) atoms. The fourth-order valence-corrected chi connectivity index (χ4v) is 0.419. The molecule has 0 N–H and O–H groups in total. The van der Waals surface area contributed by atoms with Gasteiger partial charge in [0, 0.05) is 27.1 Å². The molecular formula is C10H28O3. The highest BCUT2D eigenvalue weighted by atomic mass is 16.5. The van der Waals surface area contributed by atoms with E-state index in [4.69, 9.17) is 4.74 Å². The molecule has 3 nitrogen and oxygen atoms in total. The van der Waals surface area contributed by atoms with Gasteiger partial charge < -0.3 is 9.47 Å². The van der Waals surface area contributed by atoms with Gasteiger partial charge in [-0.05, 0) is 0 Å². The van der Waals surface area contributed by atoms with Crippen LogP contribution in [0.25, 0.3) is 0 Å². The van der Waals surface area contributed by atoms with E-state index in [1.165, 1.54) is 6.92 Å². The van der Waals surface area contributed by atoms with Crippen molar-refractivity contribution in [3.63, 3.8) is 0 Å². The molecule has 0 aliphatic carbocycles. The Kier molecular flexibility index (Phi) is 51.0. The van der Waals surface area contributed by atoms with Gasteiger partial charge in [-0.25, -0.2) is 0 Å². The highest BCUT2D eigenvalue weighted by Crippen LogP contribution is 1.82. The lowest BCUT2D eigenvalue weighted by Crippen LogP contribution is -2.02. The van der Waals surface area contributed by atoms with Crippen LogP contribution >= 0.6 is 0 Å². The Morgan fingerprint density at radius 3 is 1.85 bits per heavy atom. The van der Waals surface area contributed by atoms with E-state index in [0.29, 0.717) is 13.2 Å². The van der Waals surface area contributed by atoms with Crippen LogP contribution in [0.15, 0.2) is 0 Å². The molecule has 0 radical (unpaired) electrons. The lowest BCUT2D eigenvalue weighted by molar-refractivity contribution is -0.141. The van der Waals surface area contributed by atoms with Crippen LogP contribution in [0.5, 0.6) is 0 Å². The van der Waals surface area contributed by atoms with Crippen molar-refractivity contribution in [2.75, 3.05) is 20.3 Å². The molecule has 0 aromatic rings. The van der Waals surface area contributed by atoms with Gasteiger partial charge in [-0.3, -0.25) is 4.79 Å². The van der Waals surface area contributed by atoms with Crippen molar-refractivity contribution < 1.29 is 14.3 Å². The second-order valence-corrected chi connectivity index (χ2v) is 1.69. The fraction of sp³-hybridized carbons (Fsp3) is 0.900. The van der Waals surface area contributed by atoms with Crippen LogP contribution in [0, 0.1) is 0 Å². The molecule has 0 heterocycles. The molecule has 0 saturated carbocycles. The number of carbonyl (C=O) groups excluding carboxylic acids is 1. The SMILES string of the molecule is C.C.C.C.COCCCOC(C)=O. The number of hydrogen-bond donors (Lipinski definition) is 0. The average molecular weight is 196 g/mol. The third kappa shape index (κ3) is 34.5. The van der Waals surface area contributed by atoms with Crippen LogP contribution in [0.2, 0.25) is 0 Å². The molecule has 0 unspecified atom stereocenters. The molecule has 0 rings (SSSR count). The highest BCUT2D eigenvalue weighted by molar-refractivity contribution is 5.65. The molecule has 0 amide bonds. The molecule has 0 atom stereocenters. The lowest BCUT2D eigenvalue weighted by atomic mass is 10.5. The van der Waals surface area contributed by atoms with E-state index in [9.17, 15) is 4.79 Å². The van der Waals surface area contributed by atoms with Crippen molar-refractivity contribution in [2.24, 2.45) is 0 Å². The number of hydrogen-bond acceptors (Lipinski definition) is 3. The maximum atomic E-state index is 10.1. The van der Waals surface area contributed by atoms with Crippen LogP contribution in [0.4, 0.5) is 0 Å². The Morgan fingerprint density at radius 2 is 1.54 bits per heavy atom. The summed E-state index contributed by atoms with van der Waals surface area (Å²) in [4.78, 5) is 10.1. The second-order valence-electron chi connectivity index (χ2n) is 1.69. The second kappa shape index (κ2) is 22.5. The minimum absolute atomic E-state index is 0. The Bertz CT molecular complexity index is 82.2. The summed E-state index contributed by atoms with van der Waals surface area (Å²) in [5.74, 6) is -0.230. The maximum absolute atomic E-state index is 10.1. The van der Waals surface area contributed by atoms with E-state index in [1.807, 2.05) is 0 Å². The minimum Gasteiger partial charge on any atom is -0.466 e. The summed E-state index contributed by atoms with van der Waals surface area (Å²) in [6.45, 7) is 2.50. The van der Waals surface area contributed by atoms with Crippen molar-refractivity contribution >= 4 is 5.97 Å². The van der Waals surface area contributed by atoms with Gasteiger partial charge in [-0.15, -0.1) is 0 Å². The van der Waals surface area contributed by atoms with E-state index >= 15 is 0 Å². The van der Waals surface area contributed by atoms with Crippen LogP contribution in [-0.4, -0.2) is 26.3 Å². The average Bonchev–Trinajstić information content (AvgIpc) is 1.80. The molecule has 86 valence electrons. The summed E-state index contributed by atoms with van der Waals surface area (Å²) in [6, 6.07) is 0. The zero-order valence-corrected chi connectivity index (χ0v) is 5.85. The third-order valence-electron chi connectivity index (χ3n) is 0.798. The Hall–Kier alpha value is -0.570. The summed E-state index contributed by atoms with van der Waals surface area (Å²) >= 11 is 0. The predicted molar refractivity (Wildman–Crippen MR) is 60.1 cm³/mol. The van der Waals surface area contributed by atoms with Gasteiger partial charge in [0.05, 0.1) is 6.61 Å². The molecule has 0 aromatic carbocycles. The molecule has 0 fully saturated rings. The van der Waals surface area contributed by atoms with Crippen LogP contribution in [-0.2, 0) is 14.3 Å². The number of ether oxygens (including phenoxy) is 2. The summed E-state index contributed by atoms with van der Waals surface area (Å²) in [7, 11) is 1.62. The minimum atomic E-state index is -0.230. The first-order chi connectivity index (χ1) is 4.27. The van der Waals surface area contributed by atoms with Crippen molar-refractivity contribution in [1.29, 1.82) is 0 Å². The van der Waals surface area contributed by atoms with Crippen LogP contribution in [0.1, 0.15) is 43.1 Å². The number of esters is 1. The van der Waals surface area contributed by atoms with Gasteiger partial charge in [0.1, 0.15) is 0 Å². The van der Waals surface area contributed by atoms with E-state index in [-0.39, 0.29) is 35.7 Å². The predicted octanol–water partition coefficient (Wildman–Crippen LogP) is 3.13. The summed E-state index contributed by atoms with van der Waals surface area (Å²) in [6.07, 6.45) is 0.774. The number of carbonyl (C=O) groups is 1. The Labute approximate surface area is 84.4 Å². The molecule has 3 heteroatoms. The molecule has 0 bridgehead atoms. The Morgan fingerprint density at radius 1 is 1.08 bits per heavy atom. The quantitative estimate of drug-likeness (QED) is 0.512. The fourth-order valence-electron chi connectivity index (χ4n) is 0.419. The van der Waals surface area contributed by atoms with Crippen LogP contribution < -0.4 is 0 Å². The van der Waals surface area contributed by atoms with Gasteiger partial charge in [-0.1, -0.05) is 29.7 Å². The smallest absolute Gasteiger partial charge is 0.302 e. The largest absolute Gasteiger partial charge is 0.466 e. The zero-order valence-electron chi connectivity index (χ0n) is 5.85. The van der Waals surface area contributed by atoms with Crippen molar-refractivity contribution in [3.05, 3.63) is 0 Å². The molecular weight excluding hydrogens is 168 g/mol. The van der Waals surface area contributed by atoms with Crippen molar-refractivity contribution in [2.45, 2.75) is 43.1 Å². The first-order valence-corrected chi connectivity index (χ1v) is 2.89. The maximum Gasteiger partial charge on any atom is 0.302 e. The van der Waals surface area contributed by atoms with Crippen molar-refractivity contribution in [3.8, 4) is 0 Å². The van der Waals surface area contributed by atoms with Gasteiger partial charge in [0.2, 0.25) is 0 Å². The lowest BCUT2D eigenvalue weighted by Gasteiger charge is -1.98. The number of rotatable bonds is 4. The highest BCUT2D eigenvalue weighted by Gasteiger charge is 1.90. The van der Waals surface area contributed by atoms with E-state index in [2.05, 4.69) is 4.74 Å². The van der Waals surface area contributed by atoms with E-state index in [0.717, 1.165) is 6.42 Å². The van der Waals surface area contributed by atoms with Gasteiger partial charge >= 0.3 is 5.97 Å². The summed E-state index contributed by atoms with van der Waals surface area (Å²) in [5.41, 5.74) is 0. The Balaban J connectivity index is -0.0000000533. The summed E-state index contributed by atoms with van der Waals surface area (Å²) < 4.78 is 9.36. The molecule has 0 aliphatic heterocycles. The van der Waals surface area contributed by atoms with E-state index < -0.39 is 0 Å². The standard InChI is InChI=1S/C6H12O3.4CH4/c1-6(7)9-5-3-4-8-2;;;;/h3-5H2,1-2H3;4*1H4. The molecule has 0 spiro atoms. The van der Waals surface area contributed by atoms with Crippen LogP contribution in [0.3, 0.4) is 0 Å². The zero-order chi connectivity index (χ0) is 7.11. The van der Waals surface area contributed by atoms with Gasteiger partial charge in [0.25, 0.3) is 0 Å². The normalized spacial score (nSPS) is 6.31. The van der Waals surface area contributed by atoms with E-state index in [1.54, 1.807) is 7.11 Å². The monoisotopic (exact) mass is 196 g/mol. The molecule has 0 aromatic heterocycles. The third-order valence-corrected chi connectivity index (χ3v) is 0.798. The molecule has 0 saturated heterocycles. The van der Waals surface area contributed by atoms with Gasteiger partial charge in [-0.2, -0.15) is 0 Å². The van der Waals surface area contributed by atoms with Gasteiger partial charge in [0.15, 0.2) is 0 Å². The summed E-state index contributed by atoms with van der Waals surface area (Å²) in [5, 5.41) is 0.